The van der Waals surface area contributed by atoms with E-state index in [9.17, 15) is 5.11 Å². The summed E-state index contributed by atoms with van der Waals surface area (Å²) in [6.07, 6.45) is 2.72. The van der Waals surface area contributed by atoms with Gasteiger partial charge in [-0.1, -0.05) is 26.8 Å². The van der Waals surface area contributed by atoms with E-state index in [-0.39, 0.29) is 11.3 Å². The van der Waals surface area contributed by atoms with Crippen molar-refractivity contribution in [1.29, 1.82) is 0 Å². The Kier molecular flexibility index (Phi) is 4.01. The number of hydrogen-bond acceptors (Lipinski definition) is 3. The first-order chi connectivity index (χ1) is 9.34. The quantitative estimate of drug-likeness (QED) is 0.915. The fourth-order valence-corrected chi connectivity index (χ4v) is 3.52. The van der Waals surface area contributed by atoms with Gasteiger partial charge < -0.3 is 14.6 Å². The zero-order chi connectivity index (χ0) is 15.0. The molecule has 3 nitrogen and oxygen atoms in total. The summed E-state index contributed by atoms with van der Waals surface area (Å²) in [4.78, 5) is 0. The number of ether oxygens (including phenoxy) is 2. The van der Waals surface area contributed by atoms with Crippen LogP contribution in [0.25, 0.3) is 0 Å². The summed E-state index contributed by atoms with van der Waals surface area (Å²) in [5.41, 5.74) is 0.196. The Morgan fingerprint density at radius 2 is 1.65 bits per heavy atom. The van der Waals surface area contributed by atoms with Crippen molar-refractivity contribution in [2.24, 2.45) is 11.3 Å². The first kappa shape index (κ1) is 15.2. The SMILES string of the molecule is COc1cccc(OC)c1C1(O)CCC(C)(C)CC1C. The van der Waals surface area contributed by atoms with Crippen molar-refractivity contribution >= 4 is 0 Å². The first-order valence-electron chi connectivity index (χ1n) is 7.28. The van der Waals surface area contributed by atoms with Gasteiger partial charge in [0.2, 0.25) is 0 Å². The fourth-order valence-electron chi connectivity index (χ4n) is 3.52. The Balaban J connectivity index is 2.49. The molecule has 0 spiro atoms. The van der Waals surface area contributed by atoms with Crippen molar-refractivity contribution in [3.63, 3.8) is 0 Å². The highest BCUT2D eigenvalue weighted by atomic mass is 16.5. The molecular weight excluding hydrogens is 252 g/mol. The van der Waals surface area contributed by atoms with Crippen LogP contribution >= 0.6 is 0 Å². The van der Waals surface area contributed by atoms with E-state index in [2.05, 4.69) is 20.8 Å². The molecule has 2 unspecified atom stereocenters. The van der Waals surface area contributed by atoms with Gasteiger partial charge in [-0.15, -0.1) is 0 Å². The molecule has 20 heavy (non-hydrogen) atoms. The zero-order valence-electron chi connectivity index (χ0n) is 13.2. The smallest absolute Gasteiger partial charge is 0.128 e. The molecular formula is C17H26O3. The molecule has 1 aromatic carbocycles. The van der Waals surface area contributed by atoms with Crippen molar-refractivity contribution < 1.29 is 14.6 Å². The molecule has 0 aliphatic heterocycles. The van der Waals surface area contributed by atoms with E-state index in [0.29, 0.717) is 11.5 Å². The molecule has 0 aromatic heterocycles. The van der Waals surface area contributed by atoms with Gasteiger partial charge in [0.15, 0.2) is 0 Å². The maximum absolute atomic E-state index is 11.3. The Morgan fingerprint density at radius 1 is 1.10 bits per heavy atom. The summed E-state index contributed by atoms with van der Waals surface area (Å²) in [5, 5.41) is 11.3. The van der Waals surface area contributed by atoms with Gasteiger partial charge in [-0.3, -0.25) is 0 Å². The molecule has 0 amide bonds. The minimum atomic E-state index is -0.881. The standard InChI is InChI=1S/C17H26O3/c1-12-11-16(2,3)9-10-17(12,18)15-13(19-4)7-6-8-14(15)20-5/h6-8,12,18H,9-11H2,1-5H3. The third-order valence-electron chi connectivity index (χ3n) is 4.72. The van der Waals surface area contributed by atoms with Gasteiger partial charge in [0.25, 0.3) is 0 Å². The Bertz CT molecular complexity index is 459. The zero-order valence-corrected chi connectivity index (χ0v) is 13.2. The van der Waals surface area contributed by atoms with Crippen molar-refractivity contribution in [1.82, 2.24) is 0 Å². The molecule has 1 N–H and O–H groups in total. The molecule has 0 bridgehead atoms. The summed E-state index contributed by atoms with van der Waals surface area (Å²) in [6, 6.07) is 5.67. The van der Waals surface area contributed by atoms with E-state index < -0.39 is 5.60 Å². The predicted octanol–water partition coefficient (Wildman–Crippen LogP) is 3.74. The second-order valence-electron chi connectivity index (χ2n) is 6.73. The minimum Gasteiger partial charge on any atom is -0.496 e. The number of aliphatic hydroxyl groups is 1. The molecule has 0 heterocycles. The van der Waals surface area contributed by atoms with Crippen molar-refractivity contribution in [2.45, 2.75) is 45.6 Å². The van der Waals surface area contributed by atoms with Gasteiger partial charge >= 0.3 is 0 Å². The highest BCUT2D eigenvalue weighted by Crippen LogP contribution is 2.52. The van der Waals surface area contributed by atoms with E-state index in [1.165, 1.54) is 0 Å². The molecule has 0 saturated heterocycles. The first-order valence-corrected chi connectivity index (χ1v) is 7.28. The van der Waals surface area contributed by atoms with Gasteiger partial charge in [-0.2, -0.15) is 0 Å². The lowest BCUT2D eigenvalue weighted by molar-refractivity contribution is -0.0794. The molecule has 1 aliphatic carbocycles. The highest BCUT2D eigenvalue weighted by molar-refractivity contribution is 5.49. The van der Waals surface area contributed by atoms with Crippen LogP contribution in [-0.4, -0.2) is 19.3 Å². The molecule has 0 radical (unpaired) electrons. The third-order valence-corrected chi connectivity index (χ3v) is 4.72. The lowest BCUT2D eigenvalue weighted by atomic mass is 9.63. The second kappa shape index (κ2) is 5.28. The Hall–Kier alpha value is -1.22. The van der Waals surface area contributed by atoms with Gasteiger partial charge in [-0.25, -0.2) is 0 Å². The van der Waals surface area contributed by atoms with Crippen LogP contribution in [0.5, 0.6) is 11.5 Å². The van der Waals surface area contributed by atoms with Gasteiger partial charge in [0, 0.05) is 0 Å². The lowest BCUT2D eigenvalue weighted by Crippen LogP contribution is -2.42. The van der Waals surface area contributed by atoms with Gasteiger partial charge in [0.05, 0.1) is 25.4 Å². The largest absolute Gasteiger partial charge is 0.496 e. The van der Waals surface area contributed by atoms with Crippen LogP contribution in [0.3, 0.4) is 0 Å². The monoisotopic (exact) mass is 278 g/mol. The highest BCUT2D eigenvalue weighted by Gasteiger charge is 2.46. The molecule has 2 atom stereocenters. The van der Waals surface area contributed by atoms with Crippen LogP contribution in [0, 0.1) is 11.3 Å². The Labute approximate surface area is 121 Å². The molecule has 112 valence electrons. The second-order valence-corrected chi connectivity index (χ2v) is 6.73. The summed E-state index contributed by atoms with van der Waals surface area (Å²) < 4.78 is 10.9. The van der Waals surface area contributed by atoms with E-state index in [1.54, 1.807) is 14.2 Å². The summed E-state index contributed by atoms with van der Waals surface area (Å²) >= 11 is 0. The Morgan fingerprint density at radius 3 is 2.10 bits per heavy atom. The van der Waals surface area contributed by atoms with Crippen molar-refractivity contribution in [3.8, 4) is 11.5 Å². The third kappa shape index (κ3) is 2.51. The van der Waals surface area contributed by atoms with Gasteiger partial charge in [0.1, 0.15) is 11.5 Å². The van der Waals surface area contributed by atoms with E-state index in [1.807, 2.05) is 18.2 Å². The van der Waals surface area contributed by atoms with Crippen molar-refractivity contribution in [2.75, 3.05) is 14.2 Å². The maximum atomic E-state index is 11.3. The van der Waals surface area contributed by atoms with Crippen LogP contribution in [0.2, 0.25) is 0 Å². The van der Waals surface area contributed by atoms with Crippen molar-refractivity contribution in [3.05, 3.63) is 23.8 Å². The molecule has 3 heteroatoms. The predicted molar refractivity (Wildman–Crippen MR) is 80.2 cm³/mol. The lowest BCUT2D eigenvalue weighted by Gasteiger charge is -2.46. The minimum absolute atomic E-state index is 0.163. The van der Waals surface area contributed by atoms with E-state index >= 15 is 0 Å². The fraction of sp³-hybridized carbons (Fsp3) is 0.647. The summed E-state index contributed by atoms with van der Waals surface area (Å²) in [6.45, 7) is 6.65. The number of methoxy groups -OCH3 is 2. The maximum Gasteiger partial charge on any atom is 0.128 e. The summed E-state index contributed by atoms with van der Waals surface area (Å²) in [7, 11) is 3.28. The number of rotatable bonds is 3. The van der Waals surface area contributed by atoms with E-state index in [0.717, 1.165) is 24.8 Å². The molecule has 1 aromatic rings. The normalized spacial score (nSPS) is 29.0. The van der Waals surface area contributed by atoms with Crippen LogP contribution in [0.4, 0.5) is 0 Å². The molecule has 1 fully saturated rings. The van der Waals surface area contributed by atoms with Crippen LogP contribution in [0.1, 0.15) is 45.6 Å². The van der Waals surface area contributed by atoms with Crippen LogP contribution in [0.15, 0.2) is 18.2 Å². The average molecular weight is 278 g/mol. The topological polar surface area (TPSA) is 38.7 Å². The van der Waals surface area contributed by atoms with Crippen LogP contribution < -0.4 is 9.47 Å². The molecule has 2 rings (SSSR count). The summed E-state index contributed by atoms with van der Waals surface area (Å²) in [5.74, 6) is 1.58. The average Bonchev–Trinajstić information content (AvgIpc) is 2.42. The number of hydrogen-bond donors (Lipinski definition) is 1. The molecule has 1 aliphatic rings. The number of benzene rings is 1. The van der Waals surface area contributed by atoms with Crippen LogP contribution in [-0.2, 0) is 5.60 Å². The van der Waals surface area contributed by atoms with E-state index in [4.69, 9.17) is 9.47 Å². The van der Waals surface area contributed by atoms with Gasteiger partial charge in [-0.05, 0) is 42.7 Å². The molecule has 1 saturated carbocycles.